The van der Waals surface area contributed by atoms with E-state index in [2.05, 4.69) is 79.2 Å². The summed E-state index contributed by atoms with van der Waals surface area (Å²) < 4.78 is 5.60. The first-order chi connectivity index (χ1) is 12.3. The van der Waals surface area contributed by atoms with Gasteiger partial charge in [-0.25, -0.2) is 9.98 Å². The second-order valence-corrected chi connectivity index (χ2v) is 7.36. The molecular formula is C20H37N5O. The van der Waals surface area contributed by atoms with Crippen molar-refractivity contribution >= 4 is 11.8 Å². The molecule has 2 N–H and O–H groups in total. The zero-order chi connectivity index (χ0) is 19.6. The monoisotopic (exact) mass is 363 g/mol. The molecule has 0 saturated carbocycles. The molecule has 1 heterocycles. The zero-order valence-corrected chi connectivity index (χ0v) is 17.6. The van der Waals surface area contributed by atoms with Crippen LogP contribution in [-0.2, 0) is 11.3 Å². The lowest BCUT2D eigenvalue weighted by Crippen LogP contribution is -2.45. The SMILES string of the molecule is CCNC(=NCc1ccc(N(CC)CC)nc1)NCC(OC)C(C)(C)C. The van der Waals surface area contributed by atoms with Crippen molar-refractivity contribution in [3.8, 4) is 0 Å². The van der Waals surface area contributed by atoms with E-state index in [9.17, 15) is 0 Å². The third kappa shape index (κ3) is 7.20. The molecule has 1 aromatic heterocycles. The minimum atomic E-state index is 0.0727. The molecule has 1 unspecified atom stereocenters. The molecule has 0 aliphatic carbocycles. The Hall–Kier alpha value is -1.82. The van der Waals surface area contributed by atoms with Crippen molar-refractivity contribution in [2.45, 2.75) is 54.2 Å². The molecule has 0 saturated heterocycles. The van der Waals surface area contributed by atoms with Gasteiger partial charge < -0.3 is 20.3 Å². The number of hydrogen-bond donors (Lipinski definition) is 2. The molecule has 1 rings (SSSR count). The van der Waals surface area contributed by atoms with Crippen LogP contribution in [0.1, 0.15) is 47.1 Å². The van der Waals surface area contributed by atoms with Crippen LogP contribution in [-0.4, -0.2) is 50.3 Å². The Morgan fingerprint density at radius 2 is 1.88 bits per heavy atom. The first kappa shape index (κ1) is 22.2. The van der Waals surface area contributed by atoms with Crippen LogP contribution in [0.3, 0.4) is 0 Å². The van der Waals surface area contributed by atoms with Crippen molar-refractivity contribution in [2.24, 2.45) is 10.4 Å². The number of nitrogens with zero attached hydrogens (tertiary/aromatic N) is 3. The van der Waals surface area contributed by atoms with Crippen molar-refractivity contribution in [1.29, 1.82) is 0 Å². The molecule has 26 heavy (non-hydrogen) atoms. The molecule has 0 spiro atoms. The first-order valence-electron chi connectivity index (χ1n) is 9.60. The van der Waals surface area contributed by atoms with E-state index < -0.39 is 0 Å². The molecule has 0 aliphatic rings. The molecule has 6 heteroatoms. The van der Waals surface area contributed by atoms with Crippen LogP contribution >= 0.6 is 0 Å². The Balaban J connectivity index is 2.71. The normalized spacial score (nSPS) is 13.4. The minimum absolute atomic E-state index is 0.0727. The van der Waals surface area contributed by atoms with Gasteiger partial charge in [-0.05, 0) is 37.8 Å². The lowest BCUT2D eigenvalue weighted by molar-refractivity contribution is 0.0205. The van der Waals surface area contributed by atoms with Gasteiger partial charge in [0.25, 0.3) is 0 Å². The number of rotatable bonds is 9. The summed E-state index contributed by atoms with van der Waals surface area (Å²) in [5.41, 5.74) is 1.17. The average Bonchev–Trinajstić information content (AvgIpc) is 2.61. The highest BCUT2D eigenvalue weighted by atomic mass is 16.5. The van der Waals surface area contributed by atoms with Crippen LogP contribution in [0.5, 0.6) is 0 Å². The number of pyridine rings is 1. The third-order valence-electron chi connectivity index (χ3n) is 4.37. The first-order valence-corrected chi connectivity index (χ1v) is 9.60. The lowest BCUT2D eigenvalue weighted by Gasteiger charge is -2.30. The van der Waals surface area contributed by atoms with Gasteiger partial charge in [-0.1, -0.05) is 26.8 Å². The van der Waals surface area contributed by atoms with Gasteiger partial charge in [-0.15, -0.1) is 0 Å². The summed E-state index contributed by atoms with van der Waals surface area (Å²) in [4.78, 5) is 11.5. The molecule has 148 valence electrons. The van der Waals surface area contributed by atoms with Gasteiger partial charge in [-0.2, -0.15) is 0 Å². The Morgan fingerprint density at radius 1 is 1.19 bits per heavy atom. The average molecular weight is 364 g/mol. The number of anilines is 1. The van der Waals surface area contributed by atoms with Crippen LogP contribution in [0.25, 0.3) is 0 Å². The van der Waals surface area contributed by atoms with E-state index in [4.69, 9.17) is 4.74 Å². The molecule has 6 nitrogen and oxygen atoms in total. The maximum Gasteiger partial charge on any atom is 0.191 e. The highest BCUT2D eigenvalue weighted by Gasteiger charge is 2.24. The number of nitrogens with one attached hydrogen (secondary N) is 2. The van der Waals surface area contributed by atoms with Crippen molar-refractivity contribution in [1.82, 2.24) is 15.6 Å². The summed E-state index contributed by atoms with van der Waals surface area (Å²) in [5.74, 6) is 1.81. The number of methoxy groups -OCH3 is 1. The van der Waals surface area contributed by atoms with Gasteiger partial charge >= 0.3 is 0 Å². The van der Waals surface area contributed by atoms with E-state index in [-0.39, 0.29) is 11.5 Å². The molecule has 0 fully saturated rings. The van der Waals surface area contributed by atoms with Crippen molar-refractivity contribution in [3.63, 3.8) is 0 Å². The summed E-state index contributed by atoms with van der Waals surface area (Å²) in [5, 5.41) is 6.67. The molecule has 0 bridgehead atoms. The van der Waals surface area contributed by atoms with Crippen molar-refractivity contribution < 1.29 is 4.74 Å². The Kier molecular flexibility index (Phi) is 9.41. The van der Waals surface area contributed by atoms with Gasteiger partial charge in [0.05, 0.1) is 12.6 Å². The van der Waals surface area contributed by atoms with Crippen molar-refractivity contribution in [3.05, 3.63) is 23.9 Å². The number of ether oxygens (including phenoxy) is 1. The number of guanidine groups is 1. The fourth-order valence-corrected chi connectivity index (χ4v) is 2.69. The van der Waals surface area contributed by atoms with E-state index in [1.807, 2.05) is 6.20 Å². The van der Waals surface area contributed by atoms with Gasteiger partial charge in [0.1, 0.15) is 5.82 Å². The summed E-state index contributed by atoms with van der Waals surface area (Å²) in [6.07, 6.45) is 2.02. The van der Waals surface area contributed by atoms with E-state index in [1.165, 1.54) is 0 Å². The highest BCUT2D eigenvalue weighted by Crippen LogP contribution is 2.20. The van der Waals surface area contributed by atoms with Crippen LogP contribution < -0.4 is 15.5 Å². The third-order valence-corrected chi connectivity index (χ3v) is 4.37. The van der Waals surface area contributed by atoms with E-state index in [0.29, 0.717) is 13.1 Å². The van der Waals surface area contributed by atoms with Gasteiger partial charge in [0.15, 0.2) is 5.96 Å². The smallest absolute Gasteiger partial charge is 0.191 e. The van der Waals surface area contributed by atoms with Gasteiger partial charge in [0, 0.05) is 39.5 Å². The largest absolute Gasteiger partial charge is 0.379 e. The van der Waals surface area contributed by atoms with E-state index >= 15 is 0 Å². The predicted octanol–water partition coefficient (Wildman–Crippen LogP) is 3.04. The molecule has 0 aliphatic heterocycles. The van der Waals surface area contributed by atoms with Crippen LogP contribution in [0.2, 0.25) is 0 Å². The Labute approximate surface area is 159 Å². The topological polar surface area (TPSA) is 61.8 Å². The summed E-state index contributed by atoms with van der Waals surface area (Å²) in [7, 11) is 1.75. The van der Waals surface area contributed by atoms with Crippen molar-refractivity contribution in [2.75, 3.05) is 38.2 Å². The molecular weight excluding hydrogens is 326 g/mol. The van der Waals surface area contributed by atoms with Gasteiger partial charge in [-0.3, -0.25) is 0 Å². The second-order valence-electron chi connectivity index (χ2n) is 7.36. The van der Waals surface area contributed by atoms with Gasteiger partial charge in [0.2, 0.25) is 0 Å². The maximum absolute atomic E-state index is 5.60. The predicted molar refractivity (Wildman–Crippen MR) is 111 cm³/mol. The lowest BCUT2D eigenvalue weighted by atomic mass is 9.89. The van der Waals surface area contributed by atoms with Crippen LogP contribution in [0.4, 0.5) is 5.82 Å². The molecule has 1 atom stereocenters. The molecule has 0 aromatic carbocycles. The van der Waals surface area contributed by atoms with E-state index in [0.717, 1.165) is 37.0 Å². The minimum Gasteiger partial charge on any atom is -0.379 e. The molecule has 1 aromatic rings. The quantitative estimate of drug-likeness (QED) is 0.522. The molecule has 0 amide bonds. The van der Waals surface area contributed by atoms with Crippen LogP contribution in [0, 0.1) is 5.41 Å². The Bertz CT molecular complexity index is 532. The fraction of sp³-hybridized carbons (Fsp3) is 0.700. The number of aliphatic imine (C=N–C) groups is 1. The number of hydrogen-bond acceptors (Lipinski definition) is 4. The van der Waals surface area contributed by atoms with Crippen LogP contribution in [0.15, 0.2) is 23.3 Å². The maximum atomic E-state index is 5.60. The second kappa shape index (κ2) is 11.0. The standard InChI is InChI=1S/C20H37N5O/c1-8-21-19(24-15-17(26-7)20(4,5)6)23-14-16-11-12-18(22-13-16)25(9-2)10-3/h11-13,17H,8-10,14-15H2,1-7H3,(H2,21,23,24). The Morgan fingerprint density at radius 3 is 2.35 bits per heavy atom. The summed E-state index contributed by atoms with van der Waals surface area (Å²) >= 11 is 0. The summed E-state index contributed by atoms with van der Waals surface area (Å²) in [6.45, 7) is 16.9. The fourth-order valence-electron chi connectivity index (χ4n) is 2.69. The number of aromatic nitrogens is 1. The molecule has 0 radical (unpaired) electrons. The zero-order valence-electron chi connectivity index (χ0n) is 17.6. The highest BCUT2D eigenvalue weighted by molar-refractivity contribution is 5.79. The van der Waals surface area contributed by atoms with E-state index in [1.54, 1.807) is 7.11 Å². The summed E-state index contributed by atoms with van der Waals surface area (Å²) in [6, 6.07) is 4.17.